The number of carbonyl (C=O) groups excluding carboxylic acids is 1. The fourth-order valence-corrected chi connectivity index (χ4v) is 2.65. The van der Waals surface area contributed by atoms with Crippen LogP contribution in [0.5, 0.6) is 0 Å². The fourth-order valence-electron chi connectivity index (χ4n) is 2.65. The Hall–Kier alpha value is -1.72. The zero-order valence-electron chi connectivity index (χ0n) is 16.9. The Bertz CT molecular complexity index is 692. The van der Waals surface area contributed by atoms with Crippen molar-refractivity contribution in [3.63, 3.8) is 0 Å². The van der Waals surface area contributed by atoms with Crippen LogP contribution in [0.15, 0.2) is 60.7 Å². The second-order valence-corrected chi connectivity index (χ2v) is 7.51. The first kappa shape index (κ1) is 24.3. The molecule has 4 nitrogen and oxygen atoms in total. The Labute approximate surface area is 174 Å². The Morgan fingerprint density at radius 1 is 1.07 bits per heavy atom. The monoisotopic (exact) mass is 405 g/mol. The quantitative estimate of drug-likeness (QED) is 0.553. The van der Waals surface area contributed by atoms with E-state index in [1.54, 1.807) is 12.1 Å². The van der Waals surface area contributed by atoms with Crippen LogP contribution < -0.4 is 5.32 Å². The summed E-state index contributed by atoms with van der Waals surface area (Å²) < 4.78 is 5.88. The van der Waals surface area contributed by atoms with Crippen molar-refractivity contribution < 1.29 is 14.6 Å². The molecule has 0 aliphatic carbocycles. The van der Waals surface area contributed by atoms with E-state index < -0.39 is 12.2 Å². The first-order chi connectivity index (χ1) is 12.9. The van der Waals surface area contributed by atoms with Gasteiger partial charge < -0.3 is 15.2 Å². The van der Waals surface area contributed by atoms with E-state index in [4.69, 9.17) is 4.74 Å². The number of β-amino-alcohol motifs (C(OH)–C–C–N with tert-alkyl or cyclic N) is 1. The molecule has 0 saturated heterocycles. The molecule has 2 aromatic rings. The standard InChI is InChI=1S/C23H31NO3.ClH/c1-4-23(2,3)24-16-20(25)17-27-21(15-18-11-7-5-8-12-18)22(26)19-13-9-6-10-14-19;/h5-14,20-21,24-25H,4,15-17H2,1-3H3;1H. The molecule has 0 aliphatic rings. The number of ether oxygens (including phenoxy) is 1. The molecule has 2 unspecified atom stereocenters. The van der Waals surface area contributed by atoms with E-state index >= 15 is 0 Å². The lowest BCUT2D eigenvalue weighted by atomic mass is 10.00. The second-order valence-electron chi connectivity index (χ2n) is 7.51. The maximum Gasteiger partial charge on any atom is 0.191 e. The molecule has 2 N–H and O–H groups in total. The van der Waals surface area contributed by atoms with Crippen LogP contribution in [0.3, 0.4) is 0 Å². The number of hydrogen-bond donors (Lipinski definition) is 2. The van der Waals surface area contributed by atoms with E-state index in [1.165, 1.54) is 0 Å². The van der Waals surface area contributed by atoms with Gasteiger partial charge in [-0.1, -0.05) is 67.6 Å². The number of nitrogens with one attached hydrogen (secondary N) is 1. The van der Waals surface area contributed by atoms with Crippen molar-refractivity contribution in [2.45, 2.75) is 51.4 Å². The minimum absolute atomic E-state index is 0. The van der Waals surface area contributed by atoms with Crippen molar-refractivity contribution in [2.75, 3.05) is 13.2 Å². The predicted octanol–water partition coefficient (Wildman–Crippen LogP) is 4.06. The number of hydrogen-bond acceptors (Lipinski definition) is 4. The summed E-state index contributed by atoms with van der Waals surface area (Å²) in [6.07, 6.45) is 0.153. The van der Waals surface area contributed by atoms with Crippen molar-refractivity contribution in [2.24, 2.45) is 0 Å². The number of benzene rings is 2. The molecule has 28 heavy (non-hydrogen) atoms. The van der Waals surface area contributed by atoms with Crippen molar-refractivity contribution in [1.29, 1.82) is 0 Å². The van der Waals surface area contributed by atoms with Crippen molar-refractivity contribution >= 4 is 18.2 Å². The van der Waals surface area contributed by atoms with Crippen LogP contribution in [0.1, 0.15) is 43.1 Å². The van der Waals surface area contributed by atoms with Crippen molar-refractivity contribution in [3.8, 4) is 0 Å². The van der Waals surface area contributed by atoms with Crippen molar-refractivity contribution in [3.05, 3.63) is 71.8 Å². The highest BCUT2D eigenvalue weighted by Crippen LogP contribution is 2.13. The first-order valence-electron chi connectivity index (χ1n) is 9.59. The Balaban J connectivity index is 0.00000392. The van der Waals surface area contributed by atoms with Crippen LogP contribution >= 0.6 is 12.4 Å². The van der Waals surface area contributed by atoms with Gasteiger partial charge in [0.1, 0.15) is 6.10 Å². The van der Waals surface area contributed by atoms with Gasteiger partial charge in [-0.05, 0) is 25.8 Å². The van der Waals surface area contributed by atoms with Crippen LogP contribution in [0.2, 0.25) is 0 Å². The third-order valence-electron chi connectivity index (χ3n) is 4.80. The van der Waals surface area contributed by atoms with Gasteiger partial charge in [-0.3, -0.25) is 4.79 Å². The fraction of sp³-hybridized carbons (Fsp3) is 0.435. The van der Waals surface area contributed by atoms with Crippen LogP contribution in [-0.2, 0) is 11.2 Å². The summed E-state index contributed by atoms with van der Waals surface area (Å²) in [5.74, 6) is -0.0616. The molecule has 5 heteroatoms. The van der Waals surface area contributed by atoms with Gasteiger partial charge >= 0.3 is 0 Å². The molecular formula is C23H32ClNO3. The van der Waals surface area contributed by atoms with Gasteiger partial charge in [0.05, 0.1) is 12.7 Å². The normalized spacial score (nSPS) is 13.4. The maximum atomic E-state index is 12.9. The summed E-state index contributed by atoms with van der Waals surface area (Å²) in [6, 6.07) is 19.0. The largest absolute Gasteiger partial charge is 0.389 e. The van der Waals surface area contributed by atoms with Crippen LogP contribution in [-0.4, -0.2) is 41.8 Å². The Morgan fingerprint density at radius 2 is 1.64 bits per heavy atom. The summed E-state index contributed by atoms with van der Waals surface area (Å²) in [5.41, 5.74) is 1.62. The van der Waals surface area contributed by atoms with Gasteiger partial charge in [0.15, 0.2) is 5.78 Å². The van der Waals surface area contributed by atoms with Gasteiger partial charge in [0.25, 0.3) is 0 Å². The summed E-state index contributed by atoms with van der Waals surface area (Å²) in [7, 11) is 0. The third kappa shape index (κ3) is 8.11. The molecule has 0 bridgehead atoms. The summed E-state index contributed by atoms with van der Waals surface area (Å²) in [5, 5.41) is 13.6. The van der Waals surface area contributed by atoms with Gasteiger partial charge in [-0.25, -0.2) is 0 Å². The molecule has 2 atom stereocenters. The molecule has 0 saturated carbocycles. The molecule has 0 spiro atoms. The number of halogens is 1. The molecule has 2 aromatic carbocycles. The lowest BCUT2D eigenvalue weighted by molar-refractivity contribution is -0.00357. The number of rotatable bonds is 11. The maximum absolute atomic E-state index is 12.9. The van der Waals surface area contributed by atoms with Gasteiger partial charge in [-0.2, -0.15) is 0 Å². The Kier molecular flexibility index (Phi) is 10.4. The minimum atomic E-state index is -0.669. The highest BCUT2D eigenvalue weighted by molar-refractivity contribution is 5.99. The Morgan fingerprint density at radius 3 is 2.21 bits per heavy atom. The smallest absolute Gasteiger partial charge is 0.191 e. The van der Waals surface area contributed by atoms with E-state index in [1.807, 2.05) is 48.5 Å². The van der Waals surface area contributed by atoms with E-state index in [0.29, 0.717) is 18.5 Å². The van der Waals surface area contributed by atoms with E-state index in [9.17, 15) is 9.90 Å². The number of carbonyl (C=O) groups is 1. The molecular weight excluding hydrogens is 374 g/mol. The van der Waals surface area contributed by atoms with Crippen LogP contribution in [0.4, 0.5) is 0 Å². The zero-order valence-corrected chi connectivity index (χ0v) is 17.7. The van der Waals surface area contributed by atoms with E-state index in [-0.39, 0.29) is 30.3 Å². The average molecular weight is 406 g/mol. The molecule has 0 amide bonds. The van der Waals surface area contributed by atoms with E-state index in [0.717, 1.165) is 12.0 Å². The van der Waals surface area contributed by atoms with Crippen LogP contribution in [0.25, 0.3) is 0 Å². The SMILES string of the molecule is CCC(C)(C)NCC(O)COC(Cc1ccccc1)C(=O)c1ccccc1.Cl. The molecule has 2 rings (SSSR count). The number of ketones is 1. The van der Waals surface area contributed by atoms with Gasteiger partial charge in [-0.15, -0.1) is 12.4 Å². The van der Waals surface area contributed by atoms with Crippen LogP contribution in [0, 0.1) is 0 Å². The van der Waals surface area contributed by atoms with Gasteiger partial charge in [0.2, 0.25) is 0 Å². The molecule has 0 aromatic heterocycles. The highest BCUT2D eigenvalue weighted by Gasteiger charge is 2.23. The molecule has 154 valence electrons. The number of aliphatic hydroxyl groups is 1. The predicted molar refractivity (Wildman–Crippen MR) is 116 cm³/mol. The summed E-state index contributed by atoms with van der Waals surface area (Å²) >= 11 is 0. The topological polar surface area (TPSA) is 58.6 Å². The van der Waals surface area contributed by atoms with Gasteiger partial charge in [0, 0.05) is 24.1 Å². The molecule has 0 aliphatic heterocycles. The average Bonchev–Trinajstić information content (AvgIpc) is 2.70. The molecule has 0 heterocycles. The summed E-state index contributed by atoms with van der Waals surface area (Å²) in [4.78, 5) is 12.9. The first-order valence-corrected chi connectivity index (χ1v) is 9.59. The van der Waals surface area contributed by atoms with E-state index in [2.05, 4.69) is 26.1 Å². The minimum Gasteiger partial charge on any atom is -0.389 e. The number of aliphatic hydroxyl groups excluding tert-OH is 1. The lowest BCUT2D eigenvalue weighted by Crippen LogP contribution is -2.44. The third-order valence-corrected chi connectivity index (χ3v) is 4.80. The zero-order chi connectivity index (χ0) is 19.7. The molecule has 0 fully saturated rings. The molecule has 0 radical (unpaired) electrons. The highest BCUT2D eigenvalue weighted by atomic mass is 35.5. The number of Topliss-reactive ketones (excluding diaryl/α,β-unsaturated/α-hetero) is 1. The van der Waals surface area contributed by atoms with Crippen molar-refractivity contribution in [1.82, 2.24) is 5.32 Å². The second kappa shape index (κ2) is 12.0. The lowest BCUT2D eigenvalue weighted by Gasteiger charge is -2.27. The summed E-state index contributed by atoms with van der Waals surface area (Å²) in [6.45, 7) is 6.83.